The first-order chi connectivity index (χ1) is 13.1. The van der Waals surface area contributed by atoms with Crippen LogP contribution in [0, 0.1) is 11.6 Å². The SMILES string of the molecule is O=C(CSc1cc(F)ccc1F)NCc1ccc(C[NH+]2CCOCC2)cc1. The number of quaternary nitrogens is 1. The molecule has 1 aliphatic heterocycles. The summed E-state index contributed by atoms with van der Waals surface area (Å²) in [5.74, 6) is -1.21. The largest absolute Gasteiger partial charge is 0.370 e. The van der Waals surface area contributed by atoms with Crippen LogP contribution in [0.15, 0.2) is 47.4 Å². The first kappa shape index (κ1) is 19.8. The monoisotopic (exact) mass is 393 g/mol. The Labute approximate surface area is 161 Å². The number of thioether (sulfide) groups is 1. The van der Waals surface area contributed by atoms with Crippen molar-refractivity contribution in [1.82, 2.24) is 5.32 Å². The smallest absolute Gasteiger partial charge is 0.230 e. The highest BCUT2D eigenvalue weighted by Gasteiger charge is 2.14. The van der Waals surface area contributed by atoms with E-state index < -0.39 is 11.6 Å². The summed E-state index contributed by atoms with van der Waals surface area (Å²) in [6, 6.07) is 11.4. The van der Waals surface area contributed by atoms with Crippen LogP contribution in [0.1, 0.15) is 11.1 Å². The van der Waals surface area contributed by atoms with E-state index in [4.69, 9.17) is 4.74 Å². The second kappa shape index (κ2) is 9.82. The molecule has 7 heteroatoms. The third-order valence-corrected chi connectivity index (χ3v) is 5.45. The summed E-state index contributed by atoms with van der Waals surface area (Å²) in [7, 11) is 0. The number of carbonyl (C=O) groups is 1. The molecule has 0 aliphatic carbocycles. The van der Waals surface area contributed by atoms with Crippen LogP contribution in [0.2, 0.25) is 0 Å². The molecule has 0 spiro atoms. The van der Waals surface area contributed by atoms with Crippen molar-refractivity contribution in [1.29, 1.82) is 0 Å². The summed E-state index contributed by atoms with van der Waals surface area (Å²) in [6.45, 7) is 5.08. The number of hydrogen-bond acceptors (Lipinski definition) is 3. The second-order valence-corrected chi connectivity index (χ2v) is 7.51. The average Bonchev–Trinajstić information content (AvgIpc) is 2.69. The minimum atomic E-state index is -0.521. The van der Waals surface area contributed by atoms with Crippen LogP contribution in [-0.2, 0) is 22.6 Å². The molecule has 2 aromatic rings. The first-order valence-electron chi connectivity index (χ1n) is 8.94. The van der Waals surface area contributed by atoms with E-state index in [2.05, 4.69) is 17.4 Å². The van der Waals surface area contributed by atoms with Crippen molar-refractivity contribution in [2.45, 2.75) is 18.0 Å². The quantitative estimate of drug-likeness (QED) is 0.705. The van der Waals surface area contributed by atoms with E-state index in [0.717, 1.165) is 68.4 Å². The number of rotatable bonds is 7. The maximum atomic E-state index is 13.5. The number of carbonyl (C=O) groups excluding carboxylic acids is 1. The van der Waals surface area contributed by atoms with Gasteiger partial charge < -0.3 is 15.0 Å². The van der Waals surface area contributed by atoms with Gasteiger partial charge in [-0.1, -0.05) is 24.3 Å². The van der Waals surface area contributed by atoms with Crippen LogP contribution in [0.5, 0.6) is 0 Å². The van der Waals surface area contributed by atoms with Gasteiger partial charge in [0.05, 0.1) is 19.0 Å². The highest BCUT2D eigenvalue weighted by atomic mass is 32.2. The minimum absolute atomic E-state index is 0.0405. The fourth-order valence-corrected chi connectivity index (χ4v) is 3.67. The van der Waals surface area contributed by atoms with E-state index in [9.17, 15) is 13.6 Å². The average molecular weight is 393 g/mol. The van der Waals surface area contributed by atoms with Gasteiger partial charge in [-0.25, -0.2) is 8.78 Å². The Morgan fingerprint density at radius 3 is 2.52 bits per heavy atom. The van der Waals surface area contributed by atoms with Crippen molar-refractivity contribution in [3.05, 3.63) is 65.2 Å². The molecule has 0 bridgehead atoms. The van der Waals surface area contributed by atoms with Crippen LogP contribution in [0.3, 0.4) is 0 Å². The molecule has 2 aromatic carbocycles. The summed E-state index contributed by atoms with van der Waals surface area (Å²) in [6.07, 6.45) is 0. The molecule has 4 nitrogen and oxygen atoms in total. The van der Waals surface area contributed by atoms with Crippen molar-refractivity contribution in [2.24, 2.45) is 0 Å². The molecule has 1 fully saturated rings. The molecule has 3 rings (SSSR count). The molecule has 0 saturated carbocycles. The van der Waals surface area contributed by atoms with Gasteiger partial charge >= 0.3 is 0 Å². The normalized spacial score (nSPS) is 14.9. The Balaban J connectivity index is 1.42. The van der Waals surface area contributed by atoms with Crippen molar-refractivity contribution in [3.63, 3.8) is 0 Å². The van der Waals surface area contributed by atoms with Gasteiger partial charge in [-0.15, -0.1) is 11.8 Å². The van der Waals surface area contributed by atoms with Crippen LogP contribution in [0.25, 0.3) is 0 Å². The molecular weight excluding hydrogens is 370 g/mol. The Morgan fingerprint density at radius 2 is 1.78 bits per heavy atom. The number of amides is 1. The number of ether oxygens (including phenoxy) is 1. The maximum absolute atomic E-state index is 13.5. The van der Waals surface area contributed by atoms with Crippen LogP contribution in [0.4, 0.5) is 8.78 Å². The van der Waals surface area contributed by atoms with Crippen LogP contribution >= 0.6 is 11.8 Å². The summed E-state index contributed by atoms with van der Waals surface area (Å²) < 4.78 is 32.1. The van der Waals surface area contributed by atoms with Gasteiger partial charge in [0.2, 0.25) is 5.91 Å². The predicted molar refractivity (Wildman–Crippen MR) is 101 cm³/mol. The Hall–Kier alpha value is -1.96. The van der Waals surface area contributed by atoms with Crippen molar-refractivity contribution < 1.29 is 23.2 Å². The van der Waals surface area contributed by atoms with E-state index >= 15 is 0 Å². The van der Waals surface area contributed by atoms with E-state index in [0.29, 0.717) is 6.54 Å². The third kappa shape index (κ3) is 6.30. The molecule has 1 amide bonds. The molecule has 0 radical (unpaired) electrons. The zero-order chi connectivity index (χ0) is 19.1. The fraction of sp³-hybridized carbons (Fsp3) is 0.350. The van der Waals surface area contributed by atoms with Gasteiger partial charge in [-0.05, 0) is 23.8 Å². The first-order valence-corrected chi connectivity index (χ1v) is 9.92. The highest BCUT2D eigenvalue weighted by molar-refractivity contribution is 8.00. The lowest BCUT2D eigenvalue weighted by molar-refractivity contribution is -0.921. The van der Waals surface area contributed by atoms with E-state index in [1.807, 2.05) is 12.1 Å². The van der Waals surface area contributed by atoms with Gasteiger partial charge in [0.15, 0.2) is 0 Å². The highest BCUT2D eigenvalue weighted by Crippen LogP contribution is 2.22. The summed E-state index contributed by atoms with van der Waals surface area (Å²) in [5, 5.41) is 2.81. The van der Waals surface area contributed by atoms with Crippen molar-refractivity contribution in [3.8, 4) is 0 Å². The van der Waals surface area contributed by atoms with Crippen LogP contribution < -0.4 is 10.2 Å². The van der Waals surface area contributed by atoms with Gasteiger partial charge in [0, 0.05) is 17.0 Å². The summed E-state index contributed by atoms with van der Waals surface area (Å²) in [5.41, 5.74) is 2.27. The Bertz CT molecular complexity index is 765. The summed E-state index contributed by atoms with van der Waals surface area (Å²) >= 11 is 0.986. The number of hydrogen-bond donors (Lipinski definition) is 2. The number of benzene rings is 2. The van der Waals surface area contributed by atoms with Gasteiger partial charge in [-0.2, -0.15) is 0 Å². The molecule has 0 atom stereocenters. The maximum Gasteiger partial charge on any atom is 0.230 e. The zero-order valence-corrected chi connectivity index (χ0v) is 15.8. The Kier molecular flexibility index (Phi) is 7.20. The fourth-order valence-electron chi connectivity index (χ4n) is 2.88. The van der Waals surface area contributed by atoms with Crippen molar-refractivity contribution >= 4 is 17.7 Å². The number of nitrogens with one attached hydrogen (secondary N) is 2. The lowest BCUT2D eigenvalue weighted by atomic mass is 10.1. The molecule has 1 aliphatic rings. The molecule has 27 heavy (non-hydrogen) atoms. The topological polar surface area (TPSA) is 42.8 Å². The van der Waals surface area contributed by atoms with E-state index in [-0.39, 0.29) is 16.6 Å². The number of halogens is 2. The molecule has 0 unspecified atom stereocenters. The molecule has 1 heterocycles. The lowest BCUT2D eigenvalue weighted by Gasteiger charge is -2.23. The molecular formula is C20H23F2N2O2S+. The van der Waals surface area contributed by atoms with Crippen molar-refractivity contribution in [2.75, 3.05) is 32.1 Å². The van der Waals surface area contributed by atoms with E-state index in [1.54, 1.807) is 0 Å². The summed E-state index contributed by atoms with van der Waals surface area (Å²) in [4.78, 5) is 13.6. The predicted octanol–water partition coefficient (Wildman–Crippen LogP) is 1.79. The van der Waals surface area contributed by atoms with Gasteiger partial charge in [0.25, 0.3) is 0 Å². The van der Waals surface area contributed by atoms with E-state index in [1.165, 1.54) is 10.5 Å². The molecule has 144 valence electrons. The third-order valence-electron chi connectivity index (χ3n) is 4.42. The van der Waals surface area contributed by atoms with Gasteiger partial charge in [-0.3, -0.25) is 4.79 Å². The van der Waals surface area contributed by atoms with Gasteiger partial charge in [0.1, 0.15) is 31.3 Å². The van der Waals surface area contributed by atoms with Crippen LogP contribution in [-0.4, -0.2) is 38.0 Å². The number of morpholine rings is 1. The molecule has 2 N–H and O–H groups in total. The molecule has 0 aromatic heterocycles. The zero-order valence-electron chi connectivity index (χ0n) is 15.0. The minimum Gasteiger partial charge on any atom is -0.370 e. The second-order valence-electron chi connectivity index (χ2n) is 6.50. The standard InChI is InChI=1S/C20H22F2N2O2S/c21-17-5-6-18(22)19(11-17)27-14-20(25)23-12-15-1-3-16(4-2-15)13-24-7-9-26-10-8-24/h1-6,11H,7-10,12-14H2,(H,23,25)/p+1. The molecule has 1 saturated heterocycles. The lowest BCUT2D eigenvalue weighted by Crippen LogP contribution is -3.12. The Morgan fingerprint density at radius 1 is 1.07 bits per heavy atom.